The Kier molecular flexibility index (Phi) is 6.48. The lowest BCUT2D eigenvalue weighted by Crippen LogP contribution is -2.13. The first-order valence-electron chi connectivity index (χ1n) is 9.15. The van der Waals surface area contributed by atoms with Gasteiger partial charge in [-0.3, -0.25) is 0 Å². The van der Waals surface area contributed by atoms with Crippen LogP contribution in [0.1, 0.15) is 43.2 Å². The molecule has 1 aliphatic carbocycles. The minimum Gasteiger partial charge on any atom is -0.192 e. The third-order valence-corrected chi connectivity index (χ3v) is 5.68. The van der Waals surface area contributed by atoms with Gasteiger partial charge in [-0.05, 0) is 84.2 Å². The third-order valence-electron chi connectivity index (χ3n) is 5.38. The molecule has 0 saturated heterocycles. The van der Waals surface area contributed by atoms with Gasteiger partial charge in [0.2, 0.25) is 0 Å². The van der Waals surface area contributed by atoms with E-state index in [1.165, 1.54) is 55.2 Å². The molecule has 1 nitrogen and oxygen atoms in total. The number of hydrogen-bond acceptors (Lipinski definition) is 1. The summed E-state index contributed by atoms with van der Waals surface area (Å²) in [5.74, 6) is 1.67. The first kappa shape index (κ1) is 18.0. The van der Waals surface area contributed by atoms with Crippen LogP contribution in [0, 0.1) is 23.2 Å². The van der Waals surface area contributed by atoms with Crippen LogP contribution < -0.4 is 0 Å². The zero-order valence-corrected chi connectivity index (χ0v) is 16.1. The summed E-state index contributed by atoms with van der Waals surface area (Å²) in [5.41, 5.74) is 4.53. The van der Waals surface area contributed by atoms with Crippen molar-refractivity contribution in [2.75, 3.05) is 0 Å². The molecular weight excluding hydrogens is 370 g/mol. The topological polar surface area (TPSA) is 23.8 Å². The maximum Gasteiger partial charge on any atom is 0.0991 e. The summed E-state index contributed by atoms with van der Waals surface area (Å²) in [6.45, 7) is 0. The molecule has 1 saturated carbocycles. The molecule has 0 spiro atoms. The fourth-order valence-corrected chi connectivity index (χ4v) is 4.18. The highest BCUT2D eigenvalue weighted by Crippen LogP contribution is 2.32. The highest BCUT2D eigenvalue weighted by Gasteiger charge is 2.19. The standard InChI is InChI=1S/C23H24BrN/c24-16-15-20-5-3-18(4-6-20)1-2-19-7-11-22(12-8-19)23-13-9-21(17-25)10-14-23/h7-16,18,20H,1-6H2. The second-order valence-electron chi connectivity index (χ2n) is 7.02. The van der Waals surface area contributed by atoms with Crippen molar-refractivity contribution >= 4 is 15.9 Å². The van der Waals surface area contributed by atoms with Gasteiger partial charge in [-0.25, -0.2) is 0 Å². The molecule has 0 atom stereocenters. The Morgan fingerprint density at radius 1 is 0.920 bits per heavy atom. The van der Waals surface area contributed by atoms with E-state index in [2.05, 4.69) is 52.3 Å². The summed E-state index contributed by atoms with van der Waals surface area (Å²) in [4.78, 5) is 2.02. The minimum atomic E-state index is 0.710. The first-order valence-corrected chi connectivity index (χ1v) is 10.1. The summed E-state index contributed by atoms with van der Waals surface area (Å²) in [5, 5.41) is 8.89. The first-order chi connectivity index (χ1) is 12.3. The molecule has 0 aliphatic heterocycles. The number of allylic oxidation sites excluding steroid dienone is 1. The number of nitrogens with zero attached hydrogens (tertiary/aromatic N) is 1. The van der Waals surface area contributed by atoms with Gasteiger partial charge >= 0.3 is 0 Å². The van der Waals surface area contributed by atoms with Crippen molar-refractivity contribution in [3.05, 3.63) is 70.7 Å². The molecule has 3 rings (SSSR count). The van der Waals surface area contributed by atoms with Crippen molar-refractivity contribution in [2.24, 2.45) is 11.8 Å². The van der Waals surface area contributed by atoms with Crippen molar-refractivity contribution in [2.45, 2.75) is 38.5 Å². The normalized spacial score (nSPS) is 20.5. The van der Waals surface area contributed by atoms with Crippen LogP contribution in [0.25, 0.3) is 11.1 Å². The maximum absolute atomic E-state index is 8.89. The molecule has 0 N–H and O–H groups in total. The van der Waals surface area contributed by atoms with Crippen molar-refractivity contribution in [1.29, 1.82) is 5.26 Å². The fourth-order valence-electron chi connectivity index (χ4n) is 3.74. The van der Waals surface area contributed by atoms with Gasteiger partial charge in [0, 0.05) is 0 Å². The van der Waals surface area contributed by atoms with Crippen LogP contribution in [-0.2, 0) is 6.42 Å². The Morgan fingerprint density at radius 2 is 1.52 bits per heavy atom. The quantitative estimate of drug-likeness (QED) is 0.543. The molecule has 1 aliphatic rings. The van der Waals surface area contributed by atoms with Gasteiger partial charge in [0.15, 0.2) is 0 Å². The zero-order chi connectivity index (χ0) is 17.5. The van der Waals surface area contributed by atoms with Crippen LogP contribution in [0.2, 0.25) is 0 Å². The Morgan fingerprint density at radius 3 is 2.08 bits per heavy atom. The molecule has 0 bridgehead atoms. The van der Waals surface area contributed by atoms with E-state index in [-0.39, 0.29) is 0 Å². The Balaban J connectivity index is 1.52. The Bertz CT molecular complexity index is 729. The van der Waals surface area contributed by atoms with E-state index in [1.807, 2.05) is 29.3 Å². The number of rotatable bonds is 5. The lowest BCUT2D eigenvalue weighted by molar-refractivity contribution is 0.296. The average Bonchev–Trinajstić information content (AvgIpc) is 2.68. The summed E-state index contributed by atoms with van der Waals surface area (Å²) in [6, 6.07) is 18.9. The van der Waals surface area contributed by atoms with Gasteiger partial charge in [0.1, 0.15) is 0 Å². The monoisotopic (exact) mass is 393 g/mol. The van der Waals surface area contributed by atoms with E-state index in [9.17, 15) is 0 Å². The molecule has 128 valence electrons. The van der Waals surface area contributed by atoms with E-state index >= 15 is 0 Å². The van der Waals surface area contributed by atoms with E-state index in [0.29, 0.717) is 5.56 Å². The van der Waals surface area contributed by atoms with Crippen LogP contribution in [0.3, 0.4) is 0 Å². The molecule has 0 aromatic heterocycles. The largest absolute Gasteiger partial charge is 0.192 e. The third kappa shape index (κ3) is 5.06. The van der Waals surface area contributed by atoms with Gasteiger partial charge in [0.05, 0.1) is 11.6 Å². The highest BCUT2D eigenvalue weighted by molar-refractivity contribution is 9.11. The lowest BCUT2D eigenvalue weighted by atomic mass is 9.79. The molecule has 2 aromatic carbocycles. The van der Waals surface area contributed by atoms with Crippen molar-refractivity contribution in [3.63, 3.8) is 0 Å². The molecule has 25 heavy (non-hydrogen) atoms. The summed E-state index contributed by atoms with van der Waals surface area (Å²) in [6.07, 6.45) is 10.2. The van der Waals surface area contributed by atoms with E-state index < -0.39 is 0 Å². The van der Waals surface area contributed by atoms with Gasteiger partial charge in [-0.2, -0.15) is 5.26 Å². The van der Waals surface area contributed by atoms with Crippen molar-refractivity contribution < 1.29 is 0 Å². The van der Waals surface area contributed by atoms with Crippen LogP contribution >= 0.6 is 15.9 Å². The molecule has 0 unspecified atom stereocenters. The summed E-state index contributed by atoms with van der Waals surface area (Å²) in [7, 11) is 0. The molecule has 0 radical (unpaired) electrons. The molecular formula is C23H24BrN. The molecule has 1 fully saturated rings. The second-order valence-corrected chi connectivity index (χ2v) is 7.55. The number of halogens is 1. The molecule has 0 heterocycles. The summed E-state index contributed by atoms with van der Waals surface area (Å²) < 4.78 is 0. The minimum absolute atomic E-state index is 0.710. The van der Waals surface area contributed by atoms with Crippen LogP contribution in [0.4, 0.5) is 0 Å². The number of hydrogen-bond donors (Lipinski definition) is 0. The van der Waals surface area contributed by atoms with Gasteiger partial charge in [-0.1, -0.05) is 58.4 Å². The number of benzene rings is 2. The van der Waals surface area contributed by atoms with Crippen molar-refractivity contribution in [3.8, 4) is 17.2 Å². The molecule has 2 heteroatoms. The number of nitriles is 1. The van der Waals surface area contributed by atoms with Gasteiger partial charge < -0.3 is 0 Å². The molecule has 2 aromatic rings. The Labute approximate surface area is 159 Å². The van der Waals surface area contributed by atoms with Gasteiger partial charge in [0.25, 0.3) is 0 Å². The van der Waals surface area contributed by atoms with E-state index in [1.54, 1.807) is 0 Å². The zero-order valence-electron chi connectivity index (χ0n) is 14.5. The smallest absolute Gasteiger partial charge is 0.0991 e. The fraction of sp³-hybridized carbons (Fsp3) is 0.348. The van der Waals surface area contributed by atoms with Crippen molar-refractivity contribution in [1.82, 2.24) is 0 Å². The second kappa shape index (κ2) is 9.02. The average molecular weight is 394 g/mol. The molecule has 0 amide bonds. The summed E-state index contributed by atoms with van der Waals surface area (Å²) >= 11 is 3.40. The Hall–Kier alpha value is -1.85. The van der Waals surface area contributed by atoms with Gasteiger partial charge in [-0.15, -0.1) is 0 Å². The maximum atomic E-state index is 8.89. The van der Waals surface area contributed by atoms with Crippen LogP contribution in [-0.4, -0.2) is 0 Å². The lowest BCUT2D eigenvalue weighted by Gasteiger charge is -2.26. The predicted molar refractivity (Wildman–Crippen MR) is 108 cm³/mol. The predicted octanol–water partition coefficient (Wildman–Crippen LogP) is 6.87. The van der Waals surface area contributed by atoms with Crippen LogP contribution in [0.5, 0.6) is 0 Å². The SMILES string of the molecule is N#Cc1ccc(-c2ccc(CCC3CCC(C=CBr)CC3)cc2)cc1. The van der Waals surface area contributed by atoms with Crippen LogP contribution in [0.15, 0.2) is 59.6 Å². The highest BCUT2D eigenvalue weighted by atomic mass is 79.9. The van der Waals surface area contributed by atoms with E-state index in [4.69, 9.17) is 5.26 Å². The van der Waals surface area contributed by atoms with E-state index in [0.717, 1.165) is 11.8 Å². The number of aryl methyl sites for hydroxylation is 1.